The maximum atomic E-state index is 13.1. The number of hydrogen-bond donors (Lipinski definition) is 1. The zero-order valence-electron chi connectivity index (χ0n) is 15.7. The van der Waals surface area contributed by atoms with E-state index in [1.165, 1.54) is 8.82 Å². The number of nitrogens with zero attached hydrogens (tertiary/aromatic N) is 5. The molecule has 0 aliphatic carbocycles. The summed E-state index contributed by atoms with van der Waals surface area (Å²) in [5.41, 5.74) is -0.351. The lowest BCUT2D eigenvalue weighted by molar-refractivity contribution is -0.141. The molecule has 0 saturated carbocycles. The van der Waals surface area contributed by atoms with Crippen LogP contribution in [-0.2, 0) is 22.0 Å². The summed E-state index contributed by atoms with van der Waals surface area (Å²) in [5, 5.41) is 6.96. The first-order valence-corrected chi connectivity index (χ1v) is 10.9. The van der Waals surface area contributed by atoms with Crippen LogP contribution in [0.3, 0.4) is 0 Å². The lowest BCUT2D eigenvalue weighted by Crippen LogP contribution is -2.43. The van der Waals surface area contributed by atoms with Crippen LogP contribution in [-0.4, -0.2) is 51.4 Å². The van der Waals surface area contributed by atoms with Gasteiger partial charge in [0.05, 0.1) is 5.75 Å². The van der Waals surface area contributed by atoms with Crippen LogP contribution in [0, 0.1) is 0 Å². The number of sulfonamides is 1. The molecule has 160 valence electrons. The van der Waals surface area contributed by atoms with Gasteiger partial charge in [0.1, 0.15) is 12.1 Å². The van der Waals surface area contributed by atoms with E-state index < -0.39 is 21.9 Å². The maximum Gasteiger partial charge on any atom is 0.433 e. The summed E-state index contributed by atoms with van der Waals surface area (Å²) >= 11 is 0. The molecule has 1 fully saturated rings. The highest BCUT2D eigenvalue weighted by molar-refractivity contribution is 7.88. The van der Waals surface area contributed by atoms with Crippen molar-refractivity contribution >= 4 is 21.6 Å². The number of nitrogens with one attached hydrogen (secondary N) is 1. The van der Waals surface area contributed by atoms with Crippen LogP contribution < -0.4 is 5.32 Å². The molecule has 3 aromatic rings. The molecular weight excluding hydrogens is 421 g/mol. The van der Waals surface area contributed by atoms with E-state index in [1.807, 2.05) is 6.07 Å². The Labute approximate surface area is 170 Å². The second-order valence-electron chi connectivity index (χ2n) is 7.06. The largest absolute Gasteiger partial charge is 0.433 e. The third-order valence-corrected chi connectivity index (χ3v) is 6.78. The van der Waals surface area contributed by atoms with Crippen LogP contribution in [0.1, 0.15) is 24.1 Å². The van der Waals surface area contributed by atoms with Crippen molar-refractivity contribution in [3.8, 4) is 0 Å². The van der Waals surface area contributed by atoms with Crippen LogP contribution in [0.5, 0.6) is 0 Å². The number of halogens is 3. The van der Waals surface area contributed by atoms with Gasteiger partial charge in [-0.05, 0) is 18.4 Å². The van der Waals surface area contributed by atoms with Crippen molar-refractivity contribution in [1.29, 1.82) is 0 Å². The highest BCUT2D eigenvalue weighted by atomic mass is 32.2. The minimum Gasteiger partial charge on any atom is -0.367 e. The van der Waals surface area contributed by atoms with Crippen molar-refractivity contribution in [2.24, 2.45) is 0 Å². The van der Waals surface area contributed by atoms with Crippen LogP contribution in [0.25, 0.3) is 5.78 Å². The van der Waals surface area contributed by atoms with E-state index >= 15 is 0 Å². The molecule has 8 nitrogen and oxygen atoms in total. The van der Waals surface area contributed by atoms with Crippen LogP contribution in [0.15, 0.2) is 42.7 Å². The van der Waals surface area contributed by atoms with Crippen LogP contribution >= 0.6 is 0 Å². The summed E-state index contributed by atoms with van der Waals surface area (Å²) in [6, 6.07) is 9.60. The molecule has 0 radical (unpaired) electrons. The SMILES string of the molecule is O=S(=O)(Cc1ccccc1)N1CCC(Nc2cc(C(F)(F)F)nc3ncnn23)CC1. The number of fused-ring (bicyclic) bond motifs is 1. The molecule has 30 heavy (non-hydrogen) atoms. The van der Waals surface area contributed by atoms with Gasteiger partial charge in [0, 0.05) is 25.2 Å². The smallest absolute Gasteiger partial charge is 0.367 e. The van der Waals surface area contributed by atoms with Crippen molar-refractivity contribution < 1.29 is 21.6 Å². The van der Waals surface area contributed by atoms with Gasteiger partial charge in [-0.15, -0.1) is 0 Å². The quantitative estimate of drug-likeness (QED) is 0.656. The van der Waals surface area contributed by atoms with E-state index in [4.69, 9.17) is 0 Å². The van der Waals surface area contributed by atoms with Gasteiger partial charge in [-0.3, -0.25) is 0 Å². The lowest BCUT2D eigenvalue weighted by atomic mass is 10.1. The second kappa shape index (κ2) is 7.84. The lowest BCUT2D eigenvalue weighted by Gasteiger charge is -2.32. The minimum atomic E-state index is -4.61. The molecule has 1 aromatic carbocycles. The monoisotopic (exact) mass is 440 g/mol. The number of aromatic nitrogens is 4. The Morgan fingerprint density at radius 1 is 1.13 bits per heavy atom. The van der Waals surface area contributed by atoms with Crippen molar-refractivity contribution in [2.75, 3.05) is 18.4 Å². The summed E-state index contributed by atoms with van der Waals surface area (Å²) in [6.07, 6.45) is -2.58. The molecular formula is C18H19F3N6O2S. The van der Waals surface area contributed by atoms with E-state index in [0.29, 0.717) is 18.4 Å². The first-order valence-electron chi connectivity index (χ1n) is 9.29. The Balaban J connectivity index is 1.45. The first kappa shape index (κ1) is 20.5. The van der Waals surface area contributed by atoms with Gasteiger partial charge in [-0.1, -0.05) is 30.3 Å². The molecule has 0 bridgehead atoms. The highest BCUT2D eigenvalue weighted by Gasteiger charge is 2.34. The topological polar surface area (TPSA) is 92.5 Å². The van der Waals surface area contributed by atoms with Gasteiger partial charge in [0.15, 0.2) is 5.69 Å². The molecule has 0 atom stereocenters. The third kappa shape index (κ3) is 4.38. The molecule has 1 N–H and O–H groups in total. The Kier molecular flexibility index (Phi) is 5.36. The normalized spacial score (nSPS) is 16.8. The number of benzene rings is 1. The summed E-state index contributed by atoms with van der Waals surface area (Å²) in [6.45, 7) is 0.565. The average Bonchev–Trinajstić information content (AvgIpc) is 3.17. The summed E-state index contributed by atoms with van der Waals surface area (Å²) in [7, 11) is -3.47. The fourth-order valence-corrected chi connectivity index (χ4v) is 4.99. The molecule has 12 heteroatoms. The predicted molar refractivity (Wildman–Crippen MR) is 103 cm³/mol. The average molecular weight is 440 g/mol. The zero-order valence-corrected chi connectivity index (χ0v) is 16.6. The number of piperidine rings is 1. The molecule has 3 heterocycles. The van der Waals surface area contributed by atoms with Crippen molar-refractivity contribution in [3.63, 3.8) is 0 Å². The molecule has 1 aliphatic heterocycles. The molecule has 0 unspecified atom stereocenters. The number of anilines is 1. The Morgan fingerprint density at radius 3 is 2.50 bits per heavy atom. The second-order valence-corrected chi connectivity index (χ2v) is 9.02. The Hall–Kier alpha value is -2.73. The van der Waals surface area contributed by atoms with Crippen LogP contribution in [0.4, 0.5) is 19.0 Å². The Bertz CT molecular complexity index is 1130. The van der Waals surface area contributed by atoms with Gasteiger partial charge in [-0.25, -0.2) is 17.7 Å². The molecule has 4 rings (SSSR count). The number of hydrogen-bond acceptors (Lipinski definition) is 6. The highest BCUT2D eigenvalue weighted by Crippen LogP contribution is 2.30. The van der Waals surface area contributed by atoms with Gasteiger partial charge in [0.2, 0.25) is 10.0 Å². The van der Waals surface area contributed by atoms with E-state index in [-0.39, 0.29) is 36.5 Å². The van der Waals surface area contributed by atoms with E-state index in [0.717, 1.165) is 12.4 Å². The van der Waals surface area contributed by atoms with Crippen molar-refractivity contribution in [2.45, 2.75) is 30.8 Å². The van der Waals surface area contributed by atoms with Gasteiger partial charge in [0.25, 0.3) is 5.78 Å². The van der Waals surface area contributed by atoms with Gasteiger partial charge >= 0.3 is 6.18 Å². The van der Waals surface area contributed by atoms with Gasteiger partial charge in [-0.2, -0.15) is 27.8 Å². The number of alkyl halides is 3. The molecule has 0 amide bonds. The third-order valence-electron chi connectivity index (χ3n) is 4.93. The fraction of sp³-hybridized carbons (Fsp3) is 0.389. The van der Waals surface area contributed by atoms with E-state index in [9.17, 15) is 21.6 Å². The van der Waals surface area contributed by atoms with E-state index in [1.54, 1.807) is 24.3 Å². The summed E-state index contributed by atoms with van der Waals surface area (Å²) in [5.74, 6) is -0.115. The standard InChI is InChI=1S/C18H19F3N6O2S/c19-18(20,21)15-10-16(27-17(25-15)22-12-23-27)24-14-6-8-26(9-7-14)30(28,29)11-13-4-2-1-3-5-13/h1-5,10,12,14,24H,6-9,11H2. The van der Waals surface area contributed by atoms with Crippen molar-refractivity contribution in [1.82, 2.24) is 23.9 Å². The van der Waals surface area contributed by atoms with Crippen molar-refractivity contribution in [3.05, 3.63) is 54.0 Å². The number of rotatable bonds is 5. The summed E-state index contributed by atoms with van der Waals surface area (Å²) in [4.78, 5) is 7.23. The van der Waals surface area contributed by atoms with Crippen LogP contribution in [0.2, 0.25) is 0 Å². The zero-order chi connectivity index (χ0) is 21.4. The maximum absolute atomic E-state index is 13.1. The molecule has 1 saturated heterocycles. The summed E-state index contributed by atoms with van der Waals surface area (Å²) < 4.78 is 67.3. The predicted octanol–water partition coefficient (Wildman–Crippen LogP) is 2.55. The molecule has 1 aliphatic rings. The van der Waals surface area contributed by atoms with E-state index in [2.05, 4.69) is 20.4 Å². The first-order chi connectivity index (χ1) is 14.2. The molecule has 0 spiro atoms. The van der Waals surface area contributed by atoms with Gasteiger partial charge < -0.3 is 5.32 Å². The fourth-order valence-electron chi connectivity index (χ4n) is 3.42. The minimum absolute atomic E-state index is 0.0786. The molecule has 2 aromatic heterocycles. The Morgan fingerprint density at radius 2 is 1.83 bits per heavy atom.